The molecule has 2 fully saturated rings. The molecule has 1 spiro atoms. The first-order valence-electron chi connectivity index (χ1n) is 10.1. The number of thiazole rings is 1. The summed E-state index contributed by atoms with van der Waals surface area (Å²) in [5.74, 6) is 0.768. The standard InChI is InChI=1S/C22H29N3OS/c1-3-24-15-19(18-7-5-4-6-8-18)13-22(16-24)9-11-25(12-10-22)21(26)20-14-23-17(2)27-20/h4-8,14,19H,3,9-13,15-16H2,1-2H3/t19-/m1/s1. The van der Waals surface area contributed by atoms with Crippen LogP contribution in [0, 0.1) is 12.3 Å². The highest BCUT2D eigenvalue weighted by Crippen LogP contribution is 2.45. The van der Waals surface area contributed by atoms with E-state index < -0.39 is 0 Å². The van der Waals surface area contributed by atoms with E-state index >= 15 is 0 Å². The average Bonchev–Trinajstić information content (AvgIpc) is 3.15. The van der Waals surface area contributed by atoms with E-state index in [4.69, 9.17) is 0 Å². The van der Waals surface area contributed by atoms with Gasteiger partial charge in [-0.2, -0.15) is 0 Å². The zero-order valence-corrected chi connectivity index (χ0v) is 17.2. The number of likely N-dealkylation sites (tertiary alicyclic amines) is 2. The van der Waals surface area contributed by atoms with E-state index in [-0.39, 0.29) is 5.91 Å². The Hall–Kier alpha value is -1.72. The molecule has 2 aliphatic heterocycles. The second-order valence-corrected chi connectivity index (χ2v) is 9.41. The van der Waals surface area contributed by atoms with E-state index in [1.807, 2.05) is 11.8 Å². The Kier molecular flexibility index (Phi) is 5.33. The maximum atomic E-state index is 12.8. The van der Waals surface area contributed by atoms with Gasteiger partial charge >= 0.3 is 0 Å². The number of aryl methyl sites for hydroxylation is 1. The Morgan fingerprint density at radius 1 is 1.26 bits per heavy atom. The summed E-state index contributed by atoms with van der Waals surface area (Å²) in [5.41, 5.74) is 1.81. The monoisotopic (exact) mass is 383 g/mol. The highest BCUT2D eigenvalue weighted by Gasteiger charge is 2.42. The quantitative estimate of drug-likeness (QED) is 0.798. The SMILES string of the molecule is CCN1C[C@H](c2ccccc2)CC2(CCN(C(=O)c3cnc(C)s3)CC2)C1. The topological polar surface area (TPSA) is 36.4 Å². The van der Waals surface area contributed by atoms with Gasteiger partial charge in [0.05, 0.1) is 11.2 Å². The van der Waals surface area contributed by atoms with Crippen molar-refractivity contribution in [3.8, 4) is 0 Å². The Bertz CT molecular complexity index is 780. The molecule has 144 valence electrons. The minimum atomic E-state index is 0.165. The van der Waals surface area contributed by atoms with Gasteiger partial charge in [0, 0.05) is 26.2 Å². The maximum Gasteiger partial charge on any atom is 0.265 e. The summed E-state index contributed by atoms with van der Waals surface area (Å²) in [6.07, 6.45) is 5.19. The Balaban J connectivity index is 1.46. The first-order chi connectivity index (χ1) is 13.1. The smallest absolute Gasteiger partial charge is 0.265 e. The second kappa shape index (κ2) is 7.72. The van der Waals surface area contributed by atoms with E-state index in [2.05, 4.69) is 47.1 Å². The van der Waals surface area contributed by atoms with Crippen LogP contribution in [0.4, 0.5) is 0 Å². The predicted molar refractivity (Wildman–Crippen MR) is 110 cm³/mol. The number of hydrogen-bond acceptors (Lipinski definition) is 4. The summed E-state index contributed by atoms with van der Waals surface area (Å²) in [6, 6.07) is 11.0. The number of rotatable bonds is 3. The molecule has 2 saturated heterocycles. The van der Waals surface area contributed by atoms with Crippen LogP contribution in [0.1, 0.15) is 52.3 Å². The van der Waals surface area contributed by atoms with Gasteiger partial charge in [-0.25, -0.2) is 4.98 Å². The van der Waals surface area contributed by atoms with Crippen LogP contribution >= 0.6 is 11.3 Å². The zero-order valence-electron chi connectivity index (χ0n) is 16.4. The fourth-order valence-electron chi connectivity index (χ4n) is 4.85. The summed E-state index contributed by atoms with van der Waals surface area (Å²) in [5, 5.41) is 0.961. The maximum absolute atomic E-state index is 12.8. The molecule has 1 amide bonds. The number of carbonyl (C=O) groups is 1. The number of carbonyl (C=O) groups excluding carboxylic acids is 1. The van der Waals surface area contributed by atoms with Crippen LogP contribution in [0.25, 0.3) is 0 Å². The fourth-order valence-corrected chi connectivity index (χ4v) is 5.60. The molecule has 1 aromatic carbocycles. The summed E-state index contributed by atoms with van der Waals surface area (Å²) in [6.45, 7) is 9.40. The predicted octanol–water partition coefficient (Wildman–Crippen LogP) is 4.18. The van der Waals surface area contributed by atoms with Crippen molar-refractivity contribution in [3.63, 3.8) is 0 Å². The minimum Gasteiger partial charge on any atom is -0.338 e. The number of benzene rings is 1. The lowest BCUT2D eigenvalue weighted by Crippen LogP contribution is -2.52. The third-order valence-corrected chi connectivity index (χ3v) is 7.28. The first-order valence-corrected chi connectivity index (χ1v) is 10.9. The molecule has 0 N–H and O–H groups in total. The third kappa shape index (κ3) is 3.94. The van der Waals surface area contributed by atoms with Crippen molar-refractivity contribution in [2.75, 3.05) is 32.7 Å². The van der Waals surface area contributed by atoms with Crippen LogP contribution in [0.15, 0.2) is 36.5 Å². The number of piperidine rings is 2. The van der Waals surface area contributed by atoms with Gasteiger partial charge in [-0.05, 0) is 49.6 Å². The number of hydrogen-bond donors (Lipinski definition) is 0. The number of aromatic nitrogens is 1. The highest BCUT2D eigenvalue weighted by molar-refractivity contribution is 7.13. The lowest BCUT2D eigenvalue weighted by molar-refractivity contribution is 0.0160. The average molecular weight is 384 g/mol. The normalized spacial score (nSPS) is 22.9. The van der Waals surface area contributed by atoms with Gasteiger partial charge < -0.3 is 9.80 Å². The second-order valence-electron chi connectivity index (χ2n) is 8.18. The Morgan fingerprint density at radius 2 is 2.00 bits per heavy atom. The fraction of sp³-hybridized carbons (Fsp3) is 0.545. The van der Waals surface area contributed by atoms with Crippen LogP contribution in [0.2, 0.25) is 0 Å². The van der Waals surface area contributed by atoms with Crippen molar-refractivity contribution in [1.29, 1.82) is 0 Å². The summed E-state index contributed by atoms with van der Waals surface area (Å²) in [4.78, 5) is 22.5. The lowest BCUT2D eigenvalue weighted by Gasteiger charge is -2.50. The number of amides is 1. The van der Waals surface area contributed by atoms with Gasteiger partial charge in [-0.3, -0.25) is 4.79 Å². The highest BCUT2D eigenvalue weighted by atomic mass is 32.1. The Labute approximate surface area is 166 Å². The van der Waals surface area contributed by atoms with E-state index in [0.717, 1.165) is 48.9 Å². The first kappa shape index (κ1) is 18.6. The molecular weight excluding hydrogens is 354 g/mol. The molecule has 2 aliphatic rings. The molecule has 0 aliphatic carbocycles. The molecule has 4 nitrogen and oxygen atoms in total. The van der Waals surface area contributed by atoms with Crippen molar-refractivity contribution in [2.24, 2.45) is 5.41 Å². The summed E-state index contributed by atoms with van der Waals surface area (Å²) >= 11 is 1.51. The molecule has 3 heterocycles. The van der Waals surface area contributed by atoms with Crippen LogP contribution in [0.5, 0.6) is 0 Å². The summed E-state index contributed by atoms with van der Waals surface area (Å²) < 4.78 is 0. The minimum absolute atomic E-state index is 0.165. The van der Waals surface area contributed by atoms with E-state index in [1.54, 1.807) is 6.20 Å². The van der Waals surface area contributed by atoms with Gasteiger partial charge in [0.15, 0.2) is 0 Å². The molecule has 2 aromatic rings. The van der Waals surface area contributed by atoms with Crippen molar-refractivity contribution >= 4 is 17.2 Å². The summed E-state index contributed by atoms with van der Waals surface area (Å²) in [7, 11) is 0. The van der Waals surface area contributed by atoms with Gasteiger partial charge in [0.2, 0.25) is 0 Å². The number of likely N-dealkylation sites (N-methyl/N-ethyl adjacent to an activating group) is 1. The van der Waals surface area contributed by atoms with Crippen LogP contribution < -0.4 is 0 Å². The van der Waals surface area contributed by atoms with Gasteiger partial charge in [-0.15, -0.1) is 11.3 Å². The molecule has 0 saturated carbocycles. The molecule has 0 radical (unpaired) electrons. The van der Waals surface area contributed by atoms with Crippen molar-refractivity contribution in [1.82, 2.24) is 14.8 Å². The van der Waals surface area contributed by atoms with Crippen molar-refractivity contribution in [3.05, 3.63) is 52.0 Å². The molecule has 0 unspecified atom stereocenters. The lowest BCUT2D eigenvalue weighted by atomic mass is 9.68. The molecular formula is C22H29N3OS. The molecule has 1 aromatic heterocycles. The largest absolute Gasteiger partial charge is 0.338 e. The van der Waals surface area contributed by atoms with Crippen molar-refractivity contribution in [2.45, 2.75) is 39.0 Å². The van der Waals surface area contributed by atoms with Crippen molar-refractivity contribution < 1.29 is 4.79 Å². The molecule has 5 heteroatoms. The third-order valence-electron chi connectivity index (χ3n) is 6.38. The van der Waals surface area contributed by atoms with Crippen LogP contribution in [0.3, 0.4) is 0 Å². The van der Waals surface area contributed by atoms with Gasteiger partial charge in [0.1, 0.15) is 4.88 Å². The molecule has 1 atom stereocenters. The van der Waals surface area contributed by atoms with Crippen LogP contribution in [-0.2, 0) is 0 Å². The van der Waals surface area contributed by atoms with E-state index in [1.165, 1.54) is 29.9 Å². The molecule has 27 heavy (non-hydrogen) atoms. The van der Waals surface area contributed by atoms with Gasteiger partial charge in [-0.1, -0.05) is 37.3 Å². The van der Waals surface area contributed by atoms with Gasteiger partial charge in [0.25, 0.3) is 5.91 Å². The van der Waals surface area contributed by atoms with Crippen LogP contribution in [-0.4, -0.2) is 53.4 Å². The molecule has 4 rings (SSSR count). The zero-order chi connectivity index (χ0) is 18.9. The van der Waals surface area contributed by atoms with E-state index in [9.17, 15) is 4.79 Å². The number of nitrogens with zero attached hydrogens (tertiary/aromatic N) is 3. The Morgan fingerprint density at radius 3 is 2.63 bits per heavy atom. The molecule has 0 bridgehead atoms. The van der Waals surface area contributed by atoms with E-state index in [0.29, 0.717) is 11.3 Å².